The Morgan fingerprint density at radius 2 is 2.14 bits per heavy atom. The van der Waals surface area contributed by atoms with Gasteiger partial charge in [-0.1, -0.05) is 12.1 Å². The zero-order chi connectivity index (χ0) is 24.5. The number of rotatable bonds is 6. The first-order valence-corrected chi connectivity index (χ1v) is 12.6. The lowest BCUT2D eigenvalue weighted by Crippen LogP contribution is -2.38. The van der Waals surface area contributed by atoms with Crippen LogP contribution in [-0.4, -0.2) is 37.0 Å². The van der Waals surface area contributed by atoms with Gasteiger partial charge in [0, 0.05) is 47.8 Å². The van der Waals surface area contributed by atoms with Crippen molar-refractivity contribution in [2.24, 2.45) is 0 Å². The molecule has 1 aliphatic rings. The molecule has 0 saturated heterocycles. The minimum absolute atomic E-state index is 0.189. The van der Waals surface area contributed by atoms with Gasteiger partial charge in [0.05, 0.1) is 17.0 Å². The lowest BCUT2D eigenvalue weighted by atomic mass is 9.97. The summed E-state index contributed by atoms with van der Waals surface area (Å²) in [6.07, 6.45) is 4.51. The van der Waals surface area contributed by atoms with E-state index in [1.165, 1.54) is 16.9 Å². The van der Waals surface area contributed by atoms with Crippen LogP contribution in [0.3, 0.4) is 0 Å². The van der Waals surface area contributed by atoms with E-state index in [0.29, 0.717) is 29.4 Å². The fraction of sp³-hybridized carbons (Fsp3) is 0.308. The van der Waals surface area contributed by atoms with Crippen LogP contribution in [0.1, 0.15) is 46.2 Å². The Hall–Kier alpha value is -3.56. The van der Waals surface area contributed by atoms with Crippen molar-refractivity contribution in [3.05, 3.63) is 76.2 Å². The van der Waals surface area contributed by atoms with Crippen molar-refractivity contribution < 1.29 is 9.90 Å². The van der Waals surface area contributed by atoms with E-state index in [0.717, 1.165) is 41.2 Å². The number of aromatic nitrogens is 4. The van der Waals surface area contributed by atoms with E-state index >= 15 is 0 Å². The van der Waals surface area contributed by atoms with E-state index in [1.807, 2.05) is 66.2 Å². The first-order valence-electron chi connectivity index (χ1n) is 11.7. The van der Waals surface area contributed by atoms with Crippen molar-refractivity contribution >= 4 is 28.1 Å². The zero-order valence-corrected chi connectivity index (χ0v) is 20.8. The molecule has 1 atom stereocenters. The Bertz CT molecular complexity index is 1360. The third kappa shape index (κ3) is 4.56. The second kappa shape index (κ2) is 9.59. The highest BCUT2D eigenvalue weighted by atomic mass is 32.1. The van der Waals surface area contributed by atoms with E-state index < -0.39 is 6.23 Å². The van der Waals surface area contributed by atoms with Crippen LogP contribution in [0.15, 0.2) is 48.1 Å². The van der Waals surface area contributed by atoms with E-state index in [4.69, 9.17) is 0 Å². The van der Waals surface area contributed by atoms with Crippen LogP contribution < -0.4 is 10.2 Å². The number of amides is 1. The van der Waals surface area contributed by atoms with Crippen molar-refractivity contribution in [1.29, 1.82) is 0 Å². The normalized spacial score (nSPS) is 15.2. The van der Waals surface area contributed by atoms with Crippen LogP contribution in [0.4, 0.5) is 10.8 Å². The molecule has 0 spiro atoms. The highest BCUT2D eigenvalue weighted by Gasteiger charge is 2.25. The fourth-order valence-corrected chi connectivity index (χ4v) is 5.38. The molecule has 0 saturated carbocycles. The minimum Gasteiger partial charge on any atom is -0.374 e. The van der Waals surface area contributed by atoms with E-state index in [-0.39, 0.29) is 5.91 Å². The van der Waals surface area contributed by atoms with E-state index in [9.17, 15) is 9.90 Å². The molecule has 8 nitrogen and oxygen atoms in total. The molecule has 1 amide bonds. The third-order valence-electron chi connectivity index (χ3n) is 6.42. The van der Waals surface area contributed by atoms with Crippen molar-refractivity contribution in [1.82, 2.24) is 19.7 Å². The van der Waals surface area contributed by atoms with Gasteiger partial charge >= 0.3 is 0 Å². The van der Waals surface area contributed by atoms with Crippen molar-refractivity contribution in [3.63, 3.8) is 0 Å². The van der Waals surface area contributed by atoms with Gasteiger partial charge in [-0.05, 0) is 62.9 Å². The fourth-order valence-electron chi connectivity index (χ4n) is 4.66. The number of benzene rings is 1. The number of thiazole rings is 1. The maximum Gasteiger partial charge on any atom is 0.261 e. The Labute approximate surface area is 208 Å². The highest BCUT2D eigenvalue weighted by molar-refractivity contribution is 7.14. The Morgan fingerprint density at radius 3 is 2.89 bits per heavy atom. The maximum absolute atomic E-state index is 12.9. The molecule has 3 aromatic heterocycles. The summed E-state index contributed by atoms with van der Waals surface area (Å²) >= 11 is 1.40. The van der Waals surface area contributed by atoms with Crippen LogP contribution in [0, 0.1) is 13.8 Å². The van der Waals surface area contributed by atoms with Crippen LogP contribution >= 0.6 is 11.3 Å². The molecular weight excluding hydrogens is 460 g/mol. The predicted octanol–water partition coefficient (Wildman–Crippen LogP) is 4.56. The quantitative estimate of drug-likeness (QED) is 0.413. The molecule has 2 N–H and O–H groups in total. The Kier molecular flexibility index (Phi) is 6.36. The number of fused-ring (bicyclic) bond motifs is 1. The van der Waals surface area contributed by atoms with Gasteiger partial charge in [-0.2, -0.15) is 5.10 Å². The number of carbonyl (C=O) groups excluding carboxylic acids is 1. The largest absolute Gasteiger partial charge is 0.374 e. The average Bonchev–Trinajstić information content (AvgIpc) is 3.44. The molecule has 1 aliphatic heterocycles. The first kappa shape index (κ1) is 23.2. The molecule has 0 radical (unpaired) electrons. The molecule has 1 aromatic carbocycles. The van der Waals surface area contributed by atoms with Gasteiger partial charge in [-0.15, -0.1) is 11.3 Å². The van der Waals surface area contributed by atoms with Crippen molar-refractivity contribution in [2.45, 2.75) is 52.9 Å². The molecule has 5 rings (SSSR count). The monoisotopic (exact) mass is 488 g/mol. The predicted molar refractivity (Wildman–Crippen MR) is 138 cm³/mol. The molecule has 1 unspecified atom stereocenters. The molecule has 180 valence electrons. The molecule has 4 aromatic rings. The van der Waals surface area contributed by atoms with Crippen LogP contribution in [0.2, 0.25) is 0 Å². The number of nitrogens with one attached hydrogen (secondary N) is 1. The number of hydrogen-bond acceptors (Lipinski definition) is 7. The van der Waals surface area contributed by atoms with Gasteiger partial charge in [0.25, 0.3) is 5.91 Å². The Morgan fingerprint density at radius 1 is 1.29 bits per heavy atom. The third-order valence-corrected chi connectivity index (χ3v) is 7.18. The summed E-state index contributed by atoms with van der Waals surface area (Å²) in [6, 6.07) is 10.1. The SMILES string of the molecule is CCn1nc(C)c(C(=O)Nc2nc(-c3ccc4c(c3)CCC(O)N4Cc3cccnc3)cs2)c1C. The second-order valence-electron chi connectivity index (χ2n) is 8.71. The highest BCUT2D eigenvalue weighted by Crippen LogP contribution is 2.35. The second-order valence-corrected chi connectivity index (χ2v) is 9.56. The number of aliphatic hydroxyl groups is 1. The number of pyridine rings is 1. The van der Waals surface area contributed by atoms with Crippen LogP contribution in [0.25, 0.3) is 11.3 Å². The van der Waals surface area contributed by atoms with Gasteiger partial charge in [0.1, 0.15) is 6.23 Å². The number of aryl methyl sites for hydroxylation is 3. The summed E-state index contributed by atoms with van der Waals surface area (Å²) in [4.78, 5) is 23.8. The van der Waals surface area contributed by atoms with Crippen molar-refractivity contribution in [2.75, 3.05) is 10.2 Å². The number of anilines is 2. The van der Waals surface area contributed by atoms with Gasteiger partial charge in [0.15, 0.2) is 5.13 Å². The zero-order valence-electron chi connectivity index (χ0n) is 20.0. The average molecular weight is 489 g/mol. The smallest absolute Gasteiger partial charge is 0.261 e. The molecule has 9 heteroatoms. The summed E-state index contributed by atoms with van der Waals surface area (Å²) in [5, 5.41) is 20.5. The van der Waals surface area contributed by atoms with Gasteiger partial charge < -0.3 is 10.0 Å². The summed E-state index contributed by atoms with van der Waals surface area (Å²) < 4.78 is 1.83. The first-order chi connectivity index (χ1) is 16.9. The molecular formula is C26H28N6O2S. The van der Waals surface area contributed by atoms with Crippen molar-refractivity contribution in [3.8, 4) is 11.3 Å². The lowest BCUT2D eigenvalue weighted by Gasteiger charge is -2.36. The number of nitrogens with zero attached hydrogens (tertiary/aromatic N) is 5. The number of hydrogen-bond donors (Lipinski definition) is 2. The van der Waals surface area contributed by atoms with Crippen LogP contribution in [-0.2, 0) is 19.5 Å². The molecule has 0 aliphatic carbocycles. The molecule has 4 heterocycles. The lowest BCUT2D eigenvalue weighted by molar-refractivity contribution is 0.102. The van der Waals surface area contributed by atoms with Crippen LogP contribution in [0.5, 0.6) is 0 Å². The molecule has 0 bridgehead atoms. The van der Waals surface area contributed by atoms with Gasteiger partial charge in [-0.3, -0.25) is 19.8 Å². The van der Waals surface area contributed by atoms with Gasteiger partial charge in [-0.25, -0.2) is 4.98 Å². The topological polar surface area (TPSA) is 96.2 Å². The van der Waals surface area contributed by atoms with E-state index in [2.05, 4.69) is 26.4 Å². The molecule has 0 fully saturated rings. The minimum atomic E-state index is -0.529. The summed E-state index contributed by atoms with van der Waals surface area (Å²) in [5.41, 5.74) is 7.23. The summed E-state index contributed by atoms with van der Waals surface area (Å²) in [7, 11) is 0. The van der Waals surface area contributed by atoms with Gasteiger partial charge in [0.2, 0.25) is 0 Å². The summed E-state index contributed by atoms with van der Waals surface area (Å²) in [5.74, 6) is -0.189. The number of aliphatic hydroxyl groups excluding tert-OH is 1. The number of carbonyl (C=O) groups is 1. The standard InChI is InChI=1S/C26H28N6O2S/c1-4-32-17(3)24(16(2)30-32)25(34)29-26-28-21(15-35-26)19-7-9-22-20(12-19)8-10-23(33)31(22)14-18-6-5-11-27-13-18/h5-7,9,11-13,15,23,33H,4,8,10,14H2,1-3H3,(H,28,29,34). The molecule has 35 heavy (non-hydrogen) atoms. The summed E-state index contributed by atoms with van der Waals surface area (Å²) in [6.45, 7) is 7.08. The maximum atomic E-state index is 12.9. The Balaban J connectivity index is 1.35. The van der Waals surface area contributed by atoms with E-state index in [1.54, 1.807) is 6.20 Å².